The van der Waals surface area contributed by atoms with Gasteiger partial charge in [0.05, 0.1) is 10.6 Å². The quantitative estimate of drug-likeness (QED) is 0.904. The first-order valence-corrected chi connectivity index (χ1v) is 7.99. The first-order chi connectivity index (χ1) is 11.1. The van der Waals surface area contributed by atoms with Crippen LogP contribution >= 0.6 is 23.2 Å². The maximum Gasteiger partial charge on any atom is 0.270 e. The zero-order chi connectivity index (χ0) is 16.4. The molecule has 0 aliphatic carbocycles. The molecule has 1 fully saturated rings. The normalized spacial score (nSPS) is 14.9. The third kappa shape index (κ3) is 3.35. The summed E-state index contributed by atoms with van der Waals surface area (Å²) in [5, 5.41) is 0.834. The number of benzene rings is 1. The Hall–Kier alpha value is -1.98. The van der Waals surface area contributed by atoms with Crippen molar-refractivity contribution in [1.29, 1.82) is 0 Å². The van der Waals surface area contributed by atoms with E-state index in [9.17, 15) is 9.59 Å². The van der Waals surface area contributed by atoms with Crippen LogP contribution in [0.4, 0.5) is 0 Å². The fourth-order valence-corrected chi connectivity index (χ4v) is 3.07. The zero-order valence-electron chi connectivity index (χ0n) is 12.3. The molecule has 2 heterocycles. The zero-order valence-corrected chi connectivity index (χ0v) is 13.8. The largest absolute Gasteiger partial charge is 0.357 e. The summed E-state index contributed by atoms with van der Waals surface area (Å²) in [5.74, 6) is -0.190. The van der Waals surface area contributed by atoms with Crippen LogP contribution in [0.2, 0.25) is 10.0 Å². The highest BCUT2D eigenvalue weighted by molar-refractivity contribution is 6.36. The number of hydrogen-bond acceptors (Lipinski definition) is 2. The molecule has 1 aromatic carbocycles. The van der Waals surface area contributed by atoms with Crippen LogP contribution in [0.3, 0.4) is 0 Å². The Morgan fingerprint density at radius 2 is 1.61 bits per heavy atom. The number of H-pyrrole nitrogens is 1. The van der Waals surface area contributed by atoms with Crippen molar-refractivity contribution in [3.05, 3.63) is 57.8 Å². The monoisotopic (exact) mass is 351 g/mol. The van der Waals surface area contributed by atoms with Gasteiger partial charge in [0.1, 0.15) is 5.69 Å². The molecule has 0 bridgehead atoms. The van der Waals surface area contributed by atoms with Gasteiger partial charge in [-0.25, -0.2) is 0 Å². The molecule has 0 saturated carbocycles. The number of aromatic nitrogens is 1. The molecule has 0 spiro atoms. The lowest BCUT2D eigenvalue weighted by molar-refractivity contribution is 0.0533. The van der Waals surface area contributed by atoms with Crippen LogP contribution < -0.4 is 0 Å². The molecule has 7 heteroatoms. The molecule has 23 heavy (non-hydrogen) atoms. The van der Waals surface area contributed by atoms with Crippen LogP contribution in [-0.4, -0.2) is 52.8 Å². The van der Waals surface area contributed by atoms with Gasteiger partial charge in [-0.15, -0.1) is 0 Å². The van der Waals surface area contributed by atoms with E-state index in [0.717, 1.165) is 0 Å². The minimum Gasteiger partial charge on any atom is -0.357 e. The lowest BCUT2D eigenvalue weighted by atomic mass is 10.1. The SMILES string of the molecule is O=C(c1ccc[nH]1)N1CCN(C(=O)c2ccc(Cl)cc2Cl)CC1. The van der Waals surface area contributed by atoms with Crippen LogP contribution in [0.1, 0.15) is 20.8 Å². The Morgan fingerprint density at radius 3 is 2.17 bits per heavy atom. The maximum absolute atomic E-state index is 12.5. The summed E-state index contributed by atoms with van der Waals surface area (Å²) in [6.45, 7) is 1.94. The number of carbonyl (C=O) groups excluding carboxylic acids is 2. The minimum atomic E-state index is -0.140. The number of nitrogens with zero attached hydrogens (tertiary/aromatic N) is 2. The first kappa shape index (κ1) is 15.9. The predicted octanol–water partition coefficient (Wildman–Crippen LogP) is 2.92. The van der Waals surface area contributed by atoms with Crippen molar-refractivity contribution >= 4 is 35.0 Å². The van der Waals surface area contributed by atoms with E-state index in [4.69, 9.17) is 23.2 Å². The summed E-state index contributed by atoms with van der Waals surface area (Å²) in [6.07, 6.45) is 1.72. The summed E-state index contributed by atoms with van der Waals surface area (Å²) >= 11 is 11.9. The molecule has 1 aliphatic heterocycles. The number of nitrogens with one attached hydrogen (secondary N) is 1. The van der Waals surface area contributed by atoms with Crippen LogP contribution in [0.15, 0.2) is 36.5 Å². The van der Waals surface area contributed by atoms with Crippen LogP contribution in [0.5, 0.6) is 0 Å². The van der Waals surface area contributed by atoms with Crippen molar-refractivity contribution < 1.29 is 9.59 Å². The van der Waals surface area contributed by atoms with Gasteiger partial charge in [0.2, 0.25) is 0 Å². The molecule has 5 nitrogen and oxygen atoms in total. The Balaban J connectivity index is 1.64. The van der Waals surface area contributed by atoms with Crippen LogP contribution in [-0.2, 0) is 0 Å². The second-order valence-electron chi connectivity index (χ2n) is 5.29. The lowest BCUT2D eigenvalue weighted by Crippen LogP contribution is -2.50. The Labute approximate surface area is 143 Å². The Bertz CT molecular complexity index is 723. The van der Waals surface area contributed by atoms with Gasteiger partial charge in [-0.05, 0) is 30.3 Å². The summed E-state index contributed by atoms with van der Waals surface area (Å²) in [7, 11) is 0. The average molecular weight is 352 g/mol. The molecule has 1 aliphatic rings. The molecule has 2 amide bonds. The summed E-state index contributed by atoms with van der Waals surface area (Å²) in [4.78, 5) is 31.1. The number of amides is 2. The summed E-state index contributed by atoms with van der Waals surface area (Å²) < 4.78 is 0. The smallest absolute Gasteiger partial charge is 0.270 e. The number of rotatable bonds is 2. The fraction of sp³-hybridized carbons (Fsp3) is 0.250. The Morgan fingerprint density at radius 1 is 0.957 bits per heavy atom. The van der Waals surface area contributed by atoms with E-state index in [-0.39, 0.29) is 11.8 Å². The van der Waals surface area contributed by atoms with Crippen molar-refractivity contribution in [2.24, 2.45) is 0 Å². The molecule has 0 radical (unpaired) electrons. The third-order valence-electron chi connectivity index (χ3n) is 3.84. The van der Waals surface area contributed by atoms with Gasteiger partial charge in [-0.1, -0.05) is 23.2 Å². The summed E-state index contributed by atoms with van der Waals surface area (Å²) in [5.41, 5.74) is 0.991. The van der Waals surface area contributed by atoms with Gasteiger partial charge in [-0.2, -0.15) is 0 Å². The Kier molecular flexibility index (Phi) is 4.59. The number of piperazine rings is 1. The van der Waals surface area contributed by atoms with E-state index in [1.165, 1.54) is 0 Å². The topological polar surface area (TPSA) is 56.4 Å². The van der Waals surface area contributed by atoms with E-state index in [2.05, 4.69) is 4.98 Å². The van der Waals surface area contributed by atoms with Crippen molar-refractivity contribution in [3.8, 4) is 0 Å². The fourth-order valence-electron chi connectivity index (χ4n) is 2.58. The van der Waals surface area contributed by atoms with E-state index in [1.54, 1.807) is 46.3 Å². The molecule has 1 N–H and O–H groups in total. The van der Waals surface area contributed by atoms with Gasteiger partial charge in [0, 0.05) is 37.4 Å². The molecule has 0 atom stereocenters. The van der Waals surface area contributed by atoms with Crippen molar-refractivity contribution in [2.45, 2.75) is 0 Å². The molecule has 3 rings (SSSR count). The average Bonchev–Trinajstić information content (AvgIpc) is 3.08. The van der Waals surface area contributed by atoms with Crippen molar-refractivity contribution in [1.82, 2.24) is 14.8 Å². The summed E-state index contributed by atoms with van der Waals surface area (Å²) in [6, 6.07) is 8.36. The highest BCUT2D eigenvalue weighted by atomic mass is 35.5. The van der Waals surface area contributed by atoms with Gasteiger partial charge >= 0.3 is 0 Å². The minimum absolute atomic E-state index is 0.0494. The van der Waals surface area contributed by atoms with Gasteiger partial charge in [0.15, 0.2) is 0 Å². The van der Waals surface area contributed by atoms with E-state index >= 15 is 0 Å². The van der Waals surface area contributed by atoms with E-state index in [0.29, 0.717) is 47.5 Å². The molecular weight excluding hydrogens is 337 g/mol. The molecule has 2 aromatic rings. The second-order valence-corrected chi connectivity index (χ2v) is 6.14. The highest BCUT2D eigenvalue weighted by Crippen LogP contribution is 2.23. The molecular formula is C16H15Cl2N3O2. The number of hydrogen-bond donors (Lipinski definition) is 1. The predicted molar refractivity (Wildman–Crippen MR) is 89.1 cm³/mol. The van der Waals surface area contributed by atoms with Gasteiger partial charge in [0.25, 0.3) is 11.8 Å². The highest BCUT2D eigenvalue weighted by Gasteiger charge is 2.26. The molecule has 0 unspecified atom stereocenters. The van der Waals surface area contributed by atoms with Gasteiger partial charge in [-0.3, -0.25) is 9.59 Å². The molecule has 120 valence electrons. The third-order valence-corrected chi connectivity index (χ3v) is 4.39. The lowest BCUT2D eigenvalue weighted by Gasteiger charge is -2.34. The number of aromatic amines is 1. The maximum atomic E-state index is 12.5. The van der Waals surface area contributed by atoms with E-state index < -0.39 is 0 Å². The molecule has 1 saturated heterocycles. The first-order valence-electron chi connectivity index (χ1n) is 7.23. The van der Waals surface area contributed by atoms with E-state index in [1.807, 2.05) is 0 Å². The van der Waals surface area contributed by atoms with Crippen LogP contribution in [0.25, 0.3) is 0 Å². The van der Waals surface area contributed by atoms with Crippen molar-refractivity contribution in [3.63, 3.8) is 0 Å². The second kappa shape index (κ2) is 6.64. The van der Waals surface area contributed by atoms with Crippen molar-refractivity contribution in [2.75, 3.05) is 26.2 Å². The number of halogens is 2. The standard InChI is InChI=1S/C16H15Cl2N3O2/c17-11-3-4-12(13(18)10-11)15(22)20-6-8-21(9-7-20)16(23)14-2-1-5-19-14/h1-5,10,19H,6-9H2. The number of carbonyl (C=O) groups is 2. The molecule has 1 aromatic heterocycles. The van der Waals surface area contributed by atoms with Crippen LogP contribution in [0, 0.1) is 0 Å². The van der Waals surface area contributed by atoms with Gasteiger partial charge < -0.3 is 14.8 Å².